The number of aromatic nitrogens is 2. The van der Waals surface area contributed by atoms with Crippen molar-refractivity contribution < 1.29 is 18.8 Å². The Labute approximate surface area is 140 Å². The highest BCUT2D eigenvalue weighted by Crippen LogP contribution is 2.25. The third-order valence-electron chi connectivity index (χ3n) is 4.12. The molecular weight excluding hydrogens is 313 g/mol. The van der Waals surface area contributed by atoms with Crippen molar-refractivity contribution in [2.24, 2.45) is 0 Å². The number of rotatable bonds is 6. The number of nitrogens with zero attached hydrogens (tertiary/aromatic N) is 3. The van der Waals surface area contributed by atoms with Crippen LogP contribution in [0.5, 0.6) is 5.75 Å². The summed E-state index contributed by atoms with van der Waals surface area (Å²) < 4.78 is 23.6. The maximum atomic E-state index is 12.8. The zero-order valence-corrected chi connectivity index (χ0v) is 13.7. The van der Waals surface area contributed by atoms with Crippen molar-refractivity contribution >= 4 is 0 Å². The second kappa shape index (κ2) is 7.72. The molecule has 1 fully saturated rings. The Bertz CT molecular complexity index is 647. The lowest BCUT2D eigenvalue weighted by Gasteiger charge is -2.32. The van der Waals surface area contributed by atoms with Gasteiger partial charge < -0.3 is 14.4 Å². The van der Waals surface area contributed by atoms with Gasteiger partial charge in [0.1, 0.15) is 24.3 Å². The molecule has 1 aliphatic rings. The number of benzene rings is 1. The number of likely N-dealkylation sites (tertiary alicyclic amines) is 1. The Hall–Kier alpha value is -1.99. The molecule has 0 spiro atoms. The Morgan fingerprint density at radius 3 is 2.92 bits per heavy atom. The van der Waals surface area contributed by atoms with Crippen LogP contribution in [-0.4, -0.2) is 52.5 Å². The van der Waals surface area contributed by atoms with E-state index in [0.717, 1.165) is 25.9 Å². The second-order valence-corrected chi connectivity index (χ2v) is 6.20. The monoisotopic (exact) mass is 335 g/mol. The van der Waals surface area contributed by atoms with Crippen LogP contribution < -0.4 is 4.74 Å². The van der Waals surface area contributed by atoms with Crippen molar-refractivity contribution in [2.75, 3.05) is 26.2 Å². The molecule has 0 radical (unpaired) electrons. The molecule has 0 unspecified atom stereocenters. The van der Waals surface area contributed by atoms with Crippen LogP contribution >= 0.6 is 0 Å². The molecule has 24 heavy (non-hydrogen) atoms. The molecule has 0 aliphatic carbocycles. The topological polar surface area (TPSA) is 71.6 Å². The van der Waals surface area contributed by atoms with Gasteiger partial charge in [-0.3, -0.25) is 4.90 Å². The van der Waals surface area contributed by atoms with Gasteiger partial charge in [0.2, 0.25) is 5.89 Å². The van der Waals surface area contributed by atoms with Crippen molar-refractivity contribution in [1.29, 1.82) is 0 Å². The minimum Gasteiger partial charge on any atom is -0.491 e. The molecule has 0 amide bonds. The maximum Gasteiger partial charge on any atom is 0.231 e. The zero-order valence-electron chi connectivity index (χ0n) is 13.7. The lowest BCUT2D eigenvalue weighted by molar-refractivity contribution is 0.0561. The smallest absolute Gasteiger partial charge is 0.231 e. The van der Waals surface area contributed by atoms with E-state index >= 15 is 0 Å². The lowest BCUT2D eigenvalue weighted by atomic mass is 9.98. The number of aryl methyl sites for hydroxylation is 1. The molecular formula is C17H22FN3O3. The minimum atomic E-state index is -0.613. The first-order chi connectivity index (χ1) is 11.6. The number of aliphatic hydroxyl groups excluding tert-OH is 1. The third kappa shape index (κ3) is 4.52. The highest BCUT2D eigenvalue weighted by Gasteiger charge is 2.26. The van der Waals surface area contributed by atoms with Crippen molar-refractivity contribution in [3.8, 4) is 5.75 Å². The maximum absolute atomic E-state index is 12.8. The highest BCUT2D eigenvalue weighted by molar-refractivity contribution is 5.22. The first kappa shape index (κ1) is 16.9. The Balaban J connectivity index is 1.47. The number of hydrogen-bond donors (Lipinski definition) is 1. The van der Waals surface area contributed by atoms with Gasteiger partial charge >= 0.3 is 0 Å². The van der Waals surface area contributed by atoms with E-state index in [1.807, 2.05) is 6.92 Å². The van der Waals surface area contributed by atoms with Crippen LogP contribution in [0.1, 0.15) is 30.5 Å². The van der Waals surface area contributed by atoms with Crippen LogP contribution in [0.25, 0.3) is 0 Å². The van der Waals surface area contributed by atoms with Gasteiger partial charge in [-0.2, -0.15) is 4.98 Å². The molecule has 1 aromatic carbocycles. The van der Waals surface area contributed by atoms with Gasteiger partial charge in [-0.1, -0.05) is 5.16 Å². The fourth-order valence-corrected chi connectivity index (χ4v) is 2.98. The van der Waals surface area contributed by atoms with E-state index in [4.69, 9.17) is 9.26 Å². The summed E-state index contributed by atoms with van der Waals surface area (Å²) in [5, 5.41) is 14.0. The van der Waals surface area contributed by atoms with Gasteiger partial charge in [-0.15, -0.1) is 0 Å². The average Bonchev–Trinajstić information content (AvgIpc) is 3.01. The first-order valence-electron chi connectivity index (χ1n) is 8.19. The number of hydrogen-bond acceptors (Lipinski definition) is 6. The van der Waals surface area contributed by atoms with E-state index in [9.17, 15) is 9.50 Å². The number of piperidine rings is 1. The largest absolute Gasteiger partial charge is 0.491 e. The number of aliphatic hydroxyl groups is 1. The summed E-state index contributed by atoms with van der Waals surface area (Å²) in [4.78, 5) is 6.50. The summed E-state index contributed by atoms with van der Waals surface area (Å²) >= 11 is 0. The molecule has 1 saturated heterocycles. The van der Waals surface area contributed by atoms with Crippen molar-refractivity contribution in [3.63, 3.8) is 0 Å². The lowest BCUT2D eigenvalue weighted by Crippen LogP contribution is -2.41. The van der Waals surface area contributed by atoms with Crippen LogP contribution in [0.15, 0.2) is 28.8 Å². The van der Waals surface area contributed by atoms with Crippen LogP contribution in [0.2, 0.25) is 0 Å². The third-order valence-corrected chi connectivity index (χ3v) is 4.12. The molecule has 0 saturated carbocycles. The SMILES string of the molecule is Cc1noc([C@@H]2CCCN(C[C@H](O)COc3ccc(F)cc3)C2)n1. The van der Waals surface area contributed by atoms with E-state index in [-0.39, 0.29) is 18.3 Å². The molecule has 6 nitrogen and oxygen atoms in total. The summed E-state index contributed by atoms with van der Waals surface area (Å²) in [5.74, 6) is 1.78. The summed E-state index contributed by atoms with van der Waals surface area (Å²) in [6.45, 7) is 4.22. The van der Waals surface area contributed by atoms with E-state index in [1.54, 1.807) is 12.1 Å². The quantitative estimate of drug-likeness (QED) is 0.872. The predicted octanol–water partition coefficient (Wildman–Crippen LogP) is 2.14. The normalized spacial score (nSPS) is 20.0. The summed E-state index contributed by atoms with van der Waals surface area (Å²) in [6.07, 6.45) is 1.43. The molecule has 1 aliphatic heterocycles. The summed E-state index contributed by atoms with van der Waals surface area (Å²) in [5.41, 5.74) is 0. The van der Waals surface area contributed by atoms with Gasteiger partial charge in [0.05, 0.1) is 5.92 Å². The Kier molecular flexibility index (Phi) is 5.42. The Morgan fingerprint density at radius 2 is 2.21 bits per heavy atom. The molecule has 3 rings (SSSR count). The molecule has 0 bridgehead atoms. The van der Waals surface area contributed by atoms with Crippen molar-refractivity contribution in [2.45, 2.75) is 31.8 Å². The molecule has 2 aromatic rings. The van der Waals surface area contributed by atoms with Gasteiger partial charge in [0, 0.05) is 13.1 Å². The molecule has 7 heteroatoms. The molecule has 2 atom stereocenters. The summed E-state index contributed by atoms with van der Waals surface area (Å²) in [6, 6.07) is 5.78. The molecule has 130 valence electrons. The number of β-amino-alcohol motifs (C(OH)–C–C–N with tert-alkyl or cyclic N) is 1. The van der Waals surface area contributed by atoms with Crippen LogP contribution in [0.3, 0.4) is 0 Å². The number of ether oxygens (including phenoxy) is 1. The number of halogens is 1. The van der Waals surface area contributed by atoms with E-state index in [1.165, 1.54) is 12.1 Å². The van der Waals surface area contributed by atoms with Gasteiger partial charge in [-0.05, 0) is 50.6 Å². The van der Waals surface area contributed by atoms with E-state index in [0.29, 0.717) is 24.0 Å². The van der Waals surface area contributed by atoms with Crippen molar-refractivity contribution in [3.05, 3.63) is 41.8 Å². The standard InChI is InChI=1S/C17H22FN3O3/c1-12-19-17(24-20-12)13-3-2-8-21(9-13)10-15(22)11-23-16-6-4-14(18)5-7-16/h4-7,13,15,22H,2-3,8-11H2,1H3/t13-,15+/m1/s1. The average molecular weight is 335 g/mol. The van der Waals surface area contributed by atoms with E-state index in [2.05, 4.69) is 15.0 Å². The zero-order chi connectivity index (χ0) is 16.9. The van der Waals surface area contributed by atoms with Crippen LogP contribution in [-0.2, 0) is 0 Å². The van der Waals surface area contributed by atoms with Crippen LogP contribution in [0, 0.1) is 12.7 Å². The van der Waals surface area contributed by atoms with E-state index < -0.39 is 6.10 Å². The fourth-order valence-electron chi connectivity index (χ4n) is 2.98. The second-order valence-electron chi connectivity index (χ2n) is 6.20. The first-order valence-corrected chi connectivity index (χ1v) is 8.19. The molecule has 2 heterocycles. The summed E-state index contributed by atoms with van der Waals surface area (Å²) in [7, 11) is 0. The van der Waals surface area contributed by atoms with Gasteiger partial charge in [0.25, 0.3) is 0 Å². The fraction of sp³-hybridized carbons (Fsp3) is 0.529. The van der Waals surface area contributed by atoms with Gasteiger partial charge in [0.15, 0.2) is 5.82 Å². The highest BCUT2D eigenvalue weighted by atomic mass is 19.1. The van der Waals surface area contributed by atoms with Crippen molar-refractivity contribution in [1.82, 2.24) is 15.0 Å². The van der Waals surface area contributed by atoms with Gasteiger partial charge in [-0.25, -0.2) is 4.39 Å². The molecule has 1 aromatic heterocycles. The van der Waals surface area contributed by atoms with Crippen LogP contribution in [0.4, 0.5) is 4.39 Å². The predicted molar refractivity (Wildman–Crippen MR) is 85.4 cm³/mol. The Morgan fingerprint density at radius 1 is 1.42 bits per heavy atom. The minimum absolute atomic E-state index is 0.173. The molecule has 1 N–H and O–H groups in total.